The van der Waals surface area contributed by atoms with Crippen molar-refractivity contribution in [2.45, 2.75) is 25.1 Å². The molecule has 2 N–H and O–H groups in total. The minimum atomic E-state index is -4.84. The average molecular weight is 416 g/mol. The number of halogens is 3. The molecule has 30 heavy (non-hydrogen) atoms. The number of benzene rings is 2. The fourth-order valence-corrected chi connectivity index (χ4v) is 3.79. The highest BCUT2D eigenvalue weighted by atomic mass is 19.4. The number of nitrogens with zero attached hydrogens (tertiary/aromatic N) is 3. The number of amides is 1. The Balaban J connectivity index is 1.45. The Morgan fingerprint density at radius 1 is 1.10 bits per heavy atom. The maximum atomic E-state index is 12.8. The molecule has 0 saturated carbocycles. The highest BCUT2D eigenvalue weighted by Gasteiger charge is 2.32. The molecule has 3 aromatic rings. The van der Waals surface area contributed by atoms with Gasteiger partial charge >= 0.3 is 6.36 Å². The number of alkyl halides is 3. The van der Waals surface area contributed by atoms with Crippen molar-refractivity contribution in [2.75, 3.05) is 18.8 Å². The van der Waals surface area contributed by atoms with Crippen molar-refractivity contribution in [2.24, 2.45) is 0 Å². The van der Waals surface area contributed by atoms with E-state index in [1.165, 1.54) is 12.1 Å². The summed E-state index contributed by atoms with van der Waals surface area (Å²) in [6.45, 7) is 1.03. The van der Waals surface area contributed by atoms with Gasteiger partial charge in [0.05, 0.1) is 16.9 Å². The third-order valence-corrected chi connectivity index (χ3v) is 5.22. The standard InChI is InChI=1S/C21H19F3N4O2/c22-21(23,24)30-18-6-5-14(11-16(18)25)20(29)28-9-7-13(8-10-28)19-15-3-1-2-4-17(15)26-12-27-19/h1-6,11-13H,7-10,25H2. The Kier molecular flexibility index (Phi) is 5.19. The number of aromatic nitrogens is 2. The second kappa shape index (κ2) is 7.81. The number of rotatable bonds is 3. The number of piperidine rings is 1. The quantitative estimate of drug-likeness (QED) is 0.650. The molecule has 2 aromatic carbocycles. The second-order valence-corrected chi connectivity index (χ2v) is 7.14. The van der Waals surface area contributed by atoms with Crippen LogP contribution in [-0.4, -0.2) is 40.2 Å². The molecule has 6 nitrogen and oxygen atoms in total. The van der Waals surface area contributed by atoms with Gasteiger partial charge in [-0.3, -0.25) is 4.79 Å². The minimum Gasteiger partial charge on any atom is -0.404 e. The Hall–Kier alpha value is -3.36. The number of fused-ring (bicyclic) bond motifs is 1. The van der Waals surface area contributed by atoms with E-state index in [1.807, 2.05) is 24.3 Å². The Labute approximate surface area is 170 Å². The van der Waals surface area contributed by atoms with E-state index in [2.05, 4.69) is 14.7 Å². The van der Waals surface area contributed by atoms with Crippen molar-refractivity contribution in [3.8, 4) is 5.75 Å². The van der Waals surface area contributed by atoms with Crippen molar-refractivity contribution in [3.05, 3.63) is 60.0 Å². The van der Waals surface area contributed by atoms with E-state index in [-0.39, 0.29) is 23.1 Å². The second-order valence-electron chi connectivity index (χ2n) is 7.14. The number of carbonyl (C=O) groups excluding carboxylic acids is 1. The first kappa shape index (κ1) is 19.9. The lowest BCUT2D eigenvalue weighted by Crippen LogP contribution is -2.38. The van der Waals surface area contributed by atoms with Crippen LogP contribution in [0.15, 0.2) is 48.8 Å². The van der Waals surface area contributed by atoms with Gasteiger partial charge in [-0.15, -0.1) is 13.2 Å². The van der Waals surface area contributed by atoms with Gasteiger partial charge in [-0.25, -0.2) is 9.97 Å². The van der Waals surface area contributed by atoms with Crippen LogP contribution in [0.1, 0.15) is 34.8 Å². The predicted octanol–water partition coefficient (Wildman–Crippen LogP) is 4.13. The molecule has 156 valence electrons. The van der Waals surface area contributed by atoms with E-state index in [1.54, 1.807) is 11.2 Å². The molecule has 0 unspecified atom stereocenters. The number of hydrogen-bond acceptors (Lipinski definition) is 5. The maximum absolute atomic E-state index is 12.8. The first-order valence-corrected chi connectivity index (χ1v) is 9.46. The van der Waals surface area contributed by atoms with Crippen LogP contribution in [0.2, 0.25) is 0 Å². The van der Waals surface area contributed by atoms with Crippen LogP contribution in [0.4, 0.5) is 18.9 Å². The van der Waals surface area contributed by atoms with Crippen molar-refractivity contribution in [3.63, 3.8) is 0 Å². The number of ether oxygens (including phenoxy) is 1. The van der Waals surface area contributed by atoms with Crippen LogP contribution < -0.4 is 10.5 Å². The van der Waals surface area contributed by atoms with Crippen LogP contribution in [0.25, 0.3) is 10.9 Å². The lowest BCUT2D eigenvalue weighted by Gasteiger charge is -2.32. The smallest absolute Gasteiger partial charge is 0.404 e. The Bertz CT molecular complexity index is 1070. The average Bonchev–Trinajstić information content (AvgIpc) is 2.73. The van der Waals surface area contributed by atoms with E-state index in [4.69, 9.17) is 5.73 Å². The molecule has 0 aliphatic carbocycles. The molecule has 1 saturated heterocycles. The molecular weight excluding hydrogens is 397 g/mol. The van der Waals surface area contributed by atoms with Crippen molar-refractivity contribution >= 4 is 22.5 Å². The zero-order valence-corrected chi connectivity index (χ0v) is 15.9. The van der Waals surface area contributed by atoms with Gasteiger partial charge in [0, 0.05) is 30.0 Å². The number of hydrogen-bond donors (Lipinski definition) is 1. The van der Waals surface area contributed by atoms with Crippen LogP contribution in [0.3, 0.4) is 0 Å². The van der Waals surface area contributed by atoms with Crippen LogP contribution in [0.5, 0.6) is 5.75 Å². The van der Waals surface area contributed by atoms with Gasteiger partial charge in [0.15, 0.2) is 5.75 Å². The van der Waals surface area contributed by atoms with Gasteiger partial charge in [-0.05, 0) is 37.1 Å². The molecule has 0 bridgehead atoms. The molecular formula is C21H19F3N4O2. The molecule has 0 atom stereocenters. The number of nitrogen functional groups attached to an aromatic ring is 1. The lowest BCUT2D eigenvalue weighted by atomic mass is 9.90. The summed E-state index contributed by atoms with van der Waals surface area (Å²) in [5.41, 5.74) is 7.49. The number of likely N-dealkylation sites (tertiary alicyclic amines) is 1. The van der Waals surface area contributed by atoms with E-state index in [0.717, 1.165) is 35.5 Å². The summed E-state index contributed by atoms with van der Waals surface area (Å²) in [5, 5.41) is 1.01. The summed E-state index contributed by atoms with van der Waals surface area (Å²) in [6.07, 6.45) is -1.82. The predicted molar refractivity (Wildman–Crippen MR) is 105 cm³/mol. The van der Waals surface area contributed by atoms with Gasteiger partial charge in [0.2, 0.25) is 0 Å². The summed E-state index contributed by atoms with van der Waals surface area (Å²) in [7, 11) is 0. The van der Waals surface area contributed by atoms with E-state index in [9.17, 15) is 18.0 Å². The number of carbonyl (C=O) groups is 1. The van der Waals surface area contributed by atoms with Crippen LogP contribution in [0, 0.1) is 0 Å². The Morgan fingerprint density at radius 3 is 2.53 bits per heavy atom. The van der Waals surface area contributed by atoms with E-state index >= 15 is 0 Å². The molecule has 1 aliphatic rings. The summed E-state index contributed by atoms with van der Waals surface area (Å²) >= 11 is 0. The first-order chi connectivity index (χ1) is 14.3. The van der Waals surface area contributed by atoms with Crippen molar-refractivity contribution < 1.29 is 22.7 Å². The zero-order valence-electron chi connectivity index (χ0n) is 15.9. The summed E-state index contributed by atoms with van der Waals surface area (Å²) in [4.78, 5) is 23.2. The maximum Gasteiger partial charge on any atom is 0.573 e. The molecule has 2 heterocycles. The fourth-order valence-electron chi connectivity index (χ4n) is 3.79. The number of nitrogens with two attached hydrogens (primary N) is 1. The van der Waals surface area contributed by atoms with Gasteiger partial charge < -0.3 is 15.4 Å². The van der Waals surface area contributed by atoms with E-state index < -0.39 is 12.1 Å². The third-order valence-electron chi connectivity index (χ3n) is 5.22. The monoisotopic (exact) mass is 416 g/mol. The van der Waals surface area contributed by atoms with Gasteiger partial charge in [0.25, 0.3) is 5.91 Å². The molecule has 0 radical (unpaired) electrons. The minimum absolute atomic E-state index is 0.203. The van der Waals surface area contributed by atoms with Crippen LogP contribution in [-0.2, 0) is 0 Å². The molecule has 1 amide bonds. The highest BCUT2D eigenvalue weighted by molar-refractivity contribution is 5.95. The molecule has 1 aromatic heterocycles. The largest absolute Gasteiger partial charge is 0.573 e. The normalized spacial score (nSPS) is 15.4. The SMILES string of the molecule is Nc1cc(C(=O)N2CCC(c3ncnc4ccccc34)CC2)ccc1OC(F)(F)F. The number of anilines is 1. The van der Waals surface area contributed by atoms with Crippen molar-refractivity contribution in [1.29, 1.82) is 0 Å². The number of para-hydroxylation sites is 1. The van der Waals surface area contributed by atoms with Gasteiger partial charge in [-0.2, -0.15) is 0 Å². The molecule has 4 rings (SSSR count). The van der Waals surface area contributed by atoms with Gasteiger partial charge in [0.1, 0.15) is 6.33 Å². The van der Waals surface area contributed by atoms with Crippen molar-refractivity contribution in [1.82, 2.24) is 14.9 Å². The van der Waals surface area contributed by atoms with Gasteiger partial charge in [-0.1, -0.05) is 18.2 Å². The lowest BCUT2D eigenvalue weighted by molar-refractivity contribution is -0.274. The first-order valence-electron chi connectivity index (χ1n) is 9.46. The Morgan fingerprint density at radius 2 is 1.83 bits per heavy atom. The fraction of sp³-hybridized carbons (Fsp3) is 0.286. The molecule has 9 heteroatoms. The molecule has 1 fully saturated rings. The van der Waals surface area contributed by atoms with E-state index in [0.29, 0.717) is 13.1 Å². The summed E-state index contributed by atoms with van der Waals surface area (Å²) in [5.74, 6) is -0.589. The topological polar surface area (TPSA) is 81.3 Å². The highest BCUT2D eigenvalue weighted by Crippen LogP contribution is 2.32. The third kappa shape index (κ3) is 4.14. The summed E-state index contributed by atoms with van der Waals surface area (Å²) < 4.78 is 41.0. The molecule has 1 aliphatic heterocycles. The summed E-state index contributed by atoms with van der Waals surface area (Å²) in [6, 6.07) is 11.4. The molecule has 0 spiro atoms. The van der Waals surface area contributed by atoms with Crippen LogP contribution >= 0.6 is 0 Å². The zero-order chi connectivity index (χ0) is 21.3.